The van der Waals surface area contributed by atoms with Gasteiger partial charge in [-0.15, -0.1) is 11.3 Å². The highest BCUT2D eigenvalue weighted by molar-refractivity contribution is 7.21. The second kappa shape index (κ2) is 7.47. The summed E-state index contributed by atoms with van der Waals surface area (Å²) in [4.78, 5) is 24.6. The Morgan fingerprint density at radius 2 is 2.04 bits per heavy atom. The van der Waals surface area contributed by atoms with Crippen LogP contribution in [0.25, 0.3) is 10.1 Å². The summed E-state index contributed by atoms with van der Waals surface area (Å²) in [5.74, 6) is -0.163. The average molecular weight is 401 g/mol. The smallest absolute Gasteiger partial charge is 0.349 e. The van der Waals surface area contributed by atoms with E-state index in [2.05, 4.69) is 5.32 Å². The van der Waals surface area contributed by atoms with Crippen molar-refractivity contribution in [3.63, 3.8) is 0 Å². The first-order chi connectivity index (χ1) is 13.5. The third-order valence-corrected chi connectivity index (χ3v) is 5.59. The third-order valence-electron chi connectivity index (χ3n) is 4.35. The average Bonchev–Trinajstić information content (AvgIpc) is 3.29. The number of esters is 1. The molecule has 2 aromatic carbocycles. The molecule has 0 unspecified atom stereocenters. The van der Waals surface area contributed by atoms with Crippen molar-refractivity contribution in [1.82, 2.24) is 5.32 Å². The molecule has 0 aliphatic carbocycles. The van der Waals surface area contributed by atoms with Crippen molar-refractivity contribution in [3.05, 3.63) is 58.2 Å². The van der Waals surface area contributed by atoms with Crippen LogP contribution in [0.5, 0.6) is 11.5 Å². The number of hydrogen-bond donors (Lipinski definition) is 1. The molecule has 1 aliphatic heterocycles. The summed E-state index contributed by atoms with van der Waals surface area (Å²) in [6, 6.07) is 10.0. The molecule has 0 spiro atoms. The van der Waals surface area contributed by atoms with Crippen LogP contribution in [0.3, 0.4) is 0 Å². The summed E-state index contributed by atoms with van der Waals surface area (Å²) >= 11 is 1.15. The van der Waals surface area contributed by atoms with Gasteiger partial charge in [0.05, 0.1) is 0 Å². The fourth-order valence-electron chi connectivity index (χ4n) is 2.95. The summed E-state index contributed by atoms with van der Waals surface area (Å²) in [6.07, 6.45) is 0. The SMILES string of the molecule is Cc1c(C(=O)OCC(=O)NCc2ccc3c(c2)OCO3)sc2cccc(F)c12. The zero-order valence-corrected chi connectivity index (χ0v) is 15.7. The Balaban J connectivity index is 1.34. The number of benzene rings is 2. The molecular weight excluding hydrogens is 385 g/mol. The van der Waals surface area contributed by atoms with E-state index in [0.29, 0.717) is 32.0 Å². The van der Waals surface area contributed by atoms with Crippen molar-refractivity contribution in [3.8, 4) is 11.5 Å². The van der Waals surface area contributed by atoms with E-state index < -0.39 is 18.5 Å². The quantitative estimate of drug-likeness (QED) is 0.662. The van der Waals surface area contributed by atoms with Crippen LogP contribution in [0.4, 0.5) is 4.39 Å². The molecule has 1 N–H and O–H groups in total. The lowest BCUT2D eigenvalue weighted by atomic mass is 10.1. The van der Waals surface area contributed by atoms with Crippen LogP contribution >= 0.6 is 11.3 Å². The van der Waals surface area contributed by atoms with Crippen LogP contribution in [-0.4, -0.2) is 25.3 Å². The van der Waals surface area contributed by atoms with Crippen LogP contribution < -0.4 is 14.8 Å². The standard InChI is InChI=1S/C20H16FNO5S/c1-11-18-13(21)3-2-4-16(18)28-19(11)20(24)25-9-17(23)22-8-12-5-6-14-15(7-12)27-10-26-14/h2-7H,8-10H2,1H3,(H,22,23). The van der Waals surface area contributed by atoms with Gasteiger partial charge in [-0.1, -0.05) is 12.1 Å². The molecule has 1 amide bonds. The minimum atomic E-state index is -0.642. The van der Waals surface area contributed by atoms with E-state index >= 15 is 0 Å². The fourth-order valence-corrected chi connectivity index (χ4v) is 4.06. The van der Waals surface area contributed by atoms with E-state index in [9.17, 15) is 14.0 Å². The molecule has 3 aromatic rings. The first-order valence-electron chi connectivity index (χ1n) is 8.53. The van der Waals surface area contributed by atoms with Crippen LogP contribution in [0.1, 0.15) is 20.8 Å². The molecule has 0 atom stereocenters. The van der Waals surface area contributed by atoms with E-state index in [0.717, 1.165) is 16.9 Å². The van der Waals surface area contributed by atoms with E-state index in [1.165, 1.54) is 6.07 Å². The molecule has 1 aliphatic rings. The van der Waals surface area contributed by atoms with Crippen LogP contribution in [0.2, 0.25) is 0 Å². The molecule has 0 saturated heterocycles. The lowest BCUT2D eigenvalue weighted by Crippen LogP contribution is -2.28. The van der Waals surface area contributed by atoms with E-state index in [4.69, 9.17) is 14.2 Å². The van der Waals surface area contributed by atoms with Crippen molar-refractivity contribution in [2.75, 3.05) is 13.4 Å². The molecule has 4 rings (SSSR count). The molecule has 28 heavy (non-hydrogen) atoms. The monoisotopic (exact) mass is 401 g/mol. The number of nitrogens with one attached hydrogen (secondary N) is 1. The highest BCUT2D eigenvalue weighted by Gasteiger charge is 2.20. The predicted octanol–water partition coefficient (Wildman–Crippen LogP) is 3.55. The van der Waals surface area contributed by atoms with Crippen LogP contribution in [0.15, 0.2) is 36.4 Å². The van der Waals surface area contributed by atoms with Gasteiger partial charge in [-0.05, 0) is 42.3 Å². The zero-order chi connectivity index (χ0) is 19.7. The maximum Gasteiger partial charge on any atom is 0.349 e. The second-order valence-electron chi connectivity index (χ2n) is 6.21. The van der Waals surface area contributed by atoms with Crippen molar-refractivity contribution < 1.29 is 28.2 Å². The van der Waals surface area contributed by atoms with Gasteiger partial charge < -0.3 is 19.5 Å². The van der Waals surface area contributed by atoms with Crippen molar-refractivity contribution in [1.29, 1.82) is 0 Å². The molecule has 144 valence electrons. The summed E-state index contributed by atoms with van der Waals surface area (Å²) < 4.78 is 30.2. The Bertz CT molecular complexity index is 1080. The molecule has 0 bridgehead atoms. The normalized spacial score (nSPS) is 12.2. The molecule has 0 radical (unpaired) electrons. The Labute approximate surface area is 163 Å². The fraction of sp³-hybridized carbons (Fsp3) is 0.200. The van der Waals surface area contributed by atoms with Gasteiger partial charge >= 0.3 is 5.97 Å². The topological polar surface area (TPSA) is 73.9 Å². The Kier molecular flexibility index (Phi) is 4.87. The maximum absolute atomic E-state index is 14.0. The number of carbonyl (C=O) groups is 2. The first kappa shape index (κ1) is 18.2. The van der Waals surface area contributed by atoms with Gasteiger partial charge in [0.1, 0.15) is 10.7 Å². The zero-order valence-electron chi connectivity index (χ0n) is 14.9. The number of carbonyl (C=O) groups excluding carboxylic acids is 2. The maximum atomic E-state index is 14.0. The van der Waals surface area contributed by atoms with Crippen molar-refractivity contribution >= 4 is 33.3 Å². The van der Waals surface area contributed by atoms with Gasteiger partial charge in [-0.3, -0.25) is 4.79 Å². The largest absolute Gasteiger partial charge is 0.454 e. The summed E-state index contributed by atoms with van der Waals surface area (Å²) in [5.41, 5.74) is 1.35. The minimum Gasteiger partial charge on any atom is -0.454 e. The molecule has 8 heteroatoms. The van der Waals surface area contributed by atoms with Gasteiger partial charge in [0.15, 0.2) is 18.1 Å². The third kappa shape index (κ3) is 3.50. The minimum absolute atomic E-state index is 0.183. The molecule has 6 nitrogen and oxygen atoms in total. The highest BCUT2D eigenvalue weighted by Crippen LogP contribution is 2.33. The van der Waals surface area contributed by atoms with E-state index in [-0.39, 0.29) is 19.2 Å². The molecule has 1 aromatic heterocycles. The highest BCUT2D eigenvalue weighted by atomic mass is 32.1. The second-order valence-corrected chi connectivity index (χ2v) is 7.26. The number of ether oxygens (including phenoxy) is 3. The van der Waals surface area contributed by atoms with E-state index in [1.807, 2.05) is 6.07 Å². The van der Waals surface area contributed by atoms with Gasteiger partial charge in [0.25, 0.3) is 5.91 Å². The Morgan fingerprint density at radius 3 is 2.86 bits per heavy atom. The van der Waals surface area contributed by atoms with Gasteiger partial charge in [-0.2, -0.15) is 0 Å². The van der Waals surface area contributed by atoms with Gasteiger partial charge in [0, 0.05) is 16.6 Å². The Morgan fingerprint density at radius 1 is 1.21 bits per heavy atom. The first-order valence-corrected chi connectivity index (χ1v) is 9.34. The van der Waals surface area contributed by atoms with E-state index in [1.54, 1.807) is 31.2 Å². The van der Waals surface area contributed by atoms with Gasteiger partial charge in [-0.25, -0.2) is 9.18 Å². The molecule has 0 saturated carbocycles. The number of rotatable bonds is 5. The summed E-state index contributed by atoms with van der Waals surface area (Å²) in [7, 11) is 0. The Hall–Kier alpha value is -3.13. The molecular formula is C20H16FNO5S. The summed E-state index contributed by atoms with van der Waals surface area (Å²) in [5, 5.41) is 3.09. The number of halogens is 1. The number of amides is 1. The summed E-state index contributed by atoms with van der Waals surface area (Å²) in [6.45, 7) is 1.69. The number of aryl methyl sites for hydroxylation is 1. The van der Waals surface area contributed by atoms with Gasteiger partial charge in [0.2, 0.25) is 6.79 Å². The molecule has 2 heterocycles. The number of fused-ring (bicyclic) bond motifs is 2. The molecule has 0 fully saturated rings. The van der Waals surface area contributed by atoms with Crippen molar-refractivity contribution in [2.24, 2.45) is 0 Å². The lowest BCUT2D eigenvalue weighted by molar-refractivity contribution is -0.124. The van der Waals surface area contributed by atoms with Crippen molar-refractivity contribution in [2.45, 2.75) is 13.5 Å². The lowest BCUT2D eigenvalue weighted by Gasteiger charge is -2.07. The number of thiophene rings is 1. The van der Waals surface area contributed by atoms with Crippen LogP contribution in [0, 0.1) is 12.7 Å². The number of hydrogen-bond acceptors (Lipinski definition) is 6. The van der Waals surface area contributed by atoms with Crippen LogP contribution in [-0.2, 0) is 16.1 Å². The predicted molar refractivity (Wildman–Crippen MR) is 101 cm³/mol.